The SMILES string of the molecule is CCCC(NC(=O)c1cc(C)cc(OC)c1O)C(=O)O. The van der Waals surface area contributed by atoms with E-state index in [1.165, 1.54) is 13.2 Å². The Hall–Kier alpha value is -2.24. The minimum absolute atomic E-state index is 0.00389. The van der Waals surface area contributed by atoms with E-state index < -0.39 is 17.9 Å². The molecule has 1 rings (SSSR count). The fraction of sp³-hybridized carbons (Fsp3) is 0.429. The van der Waals surface area contributed by atoms with Gasteiger partial charge in [-0.15, -0.1) is 0 Å². The van der Waals surface area contributed by atoms with E-state index in [4.69, 9.17) is 9.84 Å². The first-order valence-electron chi connectivity index (χ1n) is 6.32. The van der Waals surface area contributed by atoms with Gasteiger partial charge in [0.05, 0.1) is 12.7 Å². The summed E-state index contributed by atoms with van der Waals surface area (Å²) in [5.41, 5.74) is 0.733. The summed E-state index contributed by atoms with van der Waals surface area (Å²) in [6.45, 7) is 3.58. The summed E-state index contributed by atoms with van der Waals surface area (Å²) in [6.07, 6.45) is 0.950. The minimum atomic E-state index is -1.10. The molecule has 0 aliphatic rings. The Kier molecular flexibility index (Phi) is 5.37. The quantitative estimate of drug-likeness (QED) is 0.737. The third-order valence-corrected chi connectivity index (χ3v) is 2.86. The van der Waals surface area contributed by atoms with Crippen molar-refractivity contribution in [2.24, 2.45) is 0 Å². The molecule has 0 heterocycles. The van der Waals surface area contributed by atoms with Crippen LogP contribution in [-0.2, 0) is 4.79 Å². The van der Waals surface area contributed by atoms with Crippen molar-refractivity contribution in [3.63, 3.8) is 0 Å². The van der Waals surface area contributed by atoms with E-state index in [1.807, 2.05) is 6.92 Å². The number of hydrogen-bond acceptors (Lipinski definition) is 4. The number of rotatable bonds is 6. The van der Waals surface area contributed by atoms with Crippen molar-refractivity contribution < 1.29 is 24.5 Å². The van der Waals surface area contributed by atoms with Crippen LogP contribution in [0.5, 0.6) is 11.5 Å². The predicted octanol–water partition coefficient (Wildman–Crippen LogP) is 1.69. The largest absolute Gasteiger partial charge is 0.504 e. The lowest BCUT2D eigenvalue weighted by molar-refractivity contribution is -0.139. The molecule has 1 aromatic carbocycles. The molecule has 0 aromatic heterocycles. The number of carboxylic acids is 1. The number of nitrogens with one attached hydrogen (secondary N) is 1. The number of phenols is 1. The minimum Gasteiger partial charge on any atom is -0.504 e. The number of benzene rings is 1. The molecule has 0 fully saturated rings. The van der Waals surface area contributed by atoms with Crippen molar-refractivity contribution in [1.82, 2.24) is 5.32 Å². The highest BCUT2D eigenvalue weighted by molar-refractivity contribution is 5.99. The van der Waals surface area contributed by atoms with Crippen molar-refractivity contribution in [3.05, 3.63) is 23.3 Å². The number of amides is 1. The number of aryl methyl sites for hydroxylation is 1. The van der Waals surface area contributed by atoms with E-state index in [0.717, 1.165) is 5.56 Å². The second-order valence-corrected chi connectivity index (χ2v) is 4.52. The summed E-state index contributed by atoms with van der Waals surface area (Å²) in [5.74, 6) is -1.85. The summed E-state index contributed by atoms with van der Waals surface area (Å²) in [4.78, 5) is 23.1. The molecule has 0 radical (unpaired) electrons. The first-order chi connectivity index (χ1) is 9.40. The second-order valence-electron chi connectivity index (χ2n) is 4.52. The van der Waals surface area contributed by atoms with Gasteiger partial charge in [-0.25, -0.2) is 4.79 Å². The van der Waals surface area contributed by atoms with Gasteiger partial charge < -0.3 is 20.3 Å². The topological polar surface area (TPSA) is 95.9 Å². The number of carbonyl (C=O) groups is 2. The molecule has 20 heavy (non-hydrogen) atoms. The van der Waals surface area contributed by atoms with Crippen LogP contribution in [0.15, 0.2) is 12.1 Å². The molecule has 0 saturated heterocycles. The van der Waals surface area contributed by atoms with E-state index in [1.54, 1.807) is 13.0 Å². The van der Waals surface area contributed by atoms with E-state index >= 15 is 0 Å². The van der Waals surface area contributed by atoms with Crippen LogP contribution in [0.4, 0.5) is 0 Å². The fourth-order valence-corrected chi connectivity index (χ4v) is 1.86. The van der Waals surface area contributed by atoms with Gasteiger partial charge in [0.25, 0.3) is 5.91 Å². The van der Waals surface area contributed by atoms with E-state index in [0.29, 0.717) is 12.8 Å². The smallest absolute Gasteiger partial charge is 0.326 e. The van der Waals surface area contributed by atoms with Gasteiger partial charge in [0.15, 0.2) is 11.5 Å². The van der Waals surface area contributed by atoms with Gasteiger partial charge in [0, 0.05) is 0 Å². The lowest BCUT2D eigenvalue weighted by Gasteiger charge is -2.15. The number of carbonyl (C=O) groups excluding carboxylic acids is 1. The highest BCUT2D eigenvalue weighted by Crippen LogP contribution is 2.31. The van der Waals surface area contributed by atoms with Crippen LogP contribution in [0.1, 0.15) is 35.7 Å². The van der Waals surface area contributed by atoms with Crippen LogP contribution in [0.3, 0.4) is 0 Å². The molecule has 3 N–H and O–H groups in total. The van der Waals surface area contributed by atoms with Crippen molar-refractivity contribution in [2.75, 3.05) is 7.11 Å². The molecule has 0 bridgehead atoms. The summed E-state index contributed by atoms with van der Waals surface area (Å²) in [6, 6.07) is 2.10. The number of hydrogen-bond donors (Lipinski definition) is 3. The van der Waals surface area contributed by atoms with Crippen LogP contribution in [0.25, 0.3) is 0 Å². The fourth-order valence-electron chi connectivity index (χ4n) is 1.86. The standard InChI is InChI=1S/C14H19NO5/c1-4-5-10(14(18)19)15-13(17)9-6-8(2)7-11(20-3)12(9)16/h6-7,10,16H,4-5H2,1-3H3,(H,15,17)(H,18,19). The number of aliphatic carboxylic acids is 1. The number of methoxy groups -OCH3 is 1. The lowest BCUT2D eigenvalue weighted by atomic mass is 10.1. The van der Waals surface area contributed by atoms with Gasteiger partial charge in [0.2, 0.25) is 0 Å². The Labute approximate surface area is 117 Å². The second kappa shape index (κ2) is 6.79. The maximum Gasteiger partial charge on any atom is 0.326 e. The van der Waals surface area contributed by atoms with E-state index in [2.05, 4.69) is 5.32 Å². The third kappa shape index (κ3) is 3.63. The van der Waals surface area contributed by atoms with Gasteiger partial charge in [-0.1, -0.05) is 13.3 Å². The first-order valence-corrected chi connectivity index (χ1v) is 6.32. The van der Waals surface area contributed by atoms with Crippen molar-refractivity contribution >= 4 is 11.9 Å². The first kappa shape index (κ1) is 15.8. The molecule has 1 aromatic rings. The summed E-state index contributed by atoms with van der Waals surface area (Å²) >= 11 is 0. The zero-order valence-electron chi connectivity index (χ0n) is 11.8. The zero-order valence-corrected chi connectivity index (χ0v) is 11.8. The molecule has 0 spiro atoms. The molecule has 0 saturated carbocycles. The van der Waals surface area contributed by atoms with Gasteiger partial charge in [-0.3, -0.25) is 4.79 Å². The maximum atomic E-state index is 12.1. The molecule has 0 aliphatic carbocycles. The summed E-state index contributed by atoms with van der Waals surface area (Å²) in [5, 5.41) is 21.4. The van der Waals surface area contributed by atoms with Crippen molar-refractivity contribution in [2.45, 2.75) is 32.7 Å². The summed E-state index contributed by atoms with van der Waals surface area (Å²) < 4.78 is 4.97. The maximum absolute atomic E-state index is 12.1. The van der Waals surface area contributed by atoms with E-state index in [9.17, 15) is 14.7 Å². The monoisotopic (exact) mass is 281 g/mol. The molecule has 0 aliphatic heterocycles. The Bertz CT molecular complexity index is 513. The average Bonchev–Trinajstić information content (AvgIpc) is 2.40. The van der Waals surface area contributed by atoms with Gasteiger partial charge >= 0.3 is 5.97 Å². The zero-order chi connectivity index (χ0) is 15.3. The van der Waals surface area contributed by atoms with Crippen molar-refractivity contribution in [1.29, 1.82) is 0 Å². The van der Waals surface area contributed by atoms with Crippen LogP contribution >= 0.6 is 0 Å². The van der Waals surface area contributed by atoms with Gasteiger partial charge in [-0.2, -0.15) is 0 Å². The molecule has 6 nitrogen and oxygen atoms in total. The molecule has 6 heteroatoms. The number of carboxylic acid groups (broad SMARTS) is 1. The van der Waals surface area contributed by atoms with Crippen LogP contribution in [0, 0.1) is 6.92 Å². The summed E-state index contributed by atoms with van der Waals surface area (Å²) in [7, 11) is 1.38. The molecule has 1 atom stereocenters. The number of aromatic hydroxyl groups is 1. The molecular weight excluding hydrogens is 262 g/mol. The lowest BCUT2D eigenvalue weighted by Crippen LogP contribution is -2.40. The Morgan fingerprint density at radius 2 is 2.05 bits per heavy atom. The van der Waals surface area contributed by atoms with Gasteiger partial charge in [0.1, 0.15) is 6.04 Å². The molecule has 1 amide bonds. The molecule has 1 unspecified atom stereocenters. The average molecular weight is 281 g/mol. The van der Waals surface area contributed by atoms with Crippen LogP contribution in [0.2, 0.25) is 0 Å². The van der Waals surface area contributed by atoms with Crippen molar-refractivity contribution in [3.8, 4) is 11.5 Å². The predicted molar refractivity (Wildman–Crippen MR) is 73.2 cm³/mol. The highest BCUT2D eigenvalue weighted by atomic mass is 16.5. The Morgan fingerprint density at radius 1 is 1.40 bits per heavy atom. The van der Waals surface area contributed by atoms with Gasteiger partial charge in [-0.05, 0) is 31.0 Å². The Morgan fingerprint density at radius 3 is 2.55 bits per heavy atom. The molecule has 110 valence electrons. The molecular formula is C14H19NO5. The van der Waals surface area contributed by atoms with Crippen LogP contribution < -0.4 is 10.1 Å². The third-order valence-electron chi connectivity index (χ3n) is 2.86. The number of phenolic OH excluding ortho intramolecular Hbond substituents is 1. The number of ether oxygens (including phenoxy) is 1. The Balaban J connectivity index is 3.02. The highest BCUT2D eigenvalue weighted by Gasteiger charge is 2.22. The van der Waals surface area contributed by atoms with E-state index in [-0.39, 0.29) is 17.1 Å². The van der Waals surface area contributed by atoms with Crippen LogP contribution in [-0.4, -0.2) is 35.2 Å². The normalized spacial score (nSPS) is 11.8.